The van der Waals surface area contributed by atoms with E-state index in [1.165, 1.54) is 10.6 Å². The number of anilines is 1. The molecule has 1 N–H and O–H groups in total. The Morgan fingerprint density at radius 3 is 1.97 bits per heavy atom. The van der Waals surface area contributed by atoms with Crippen LogP contribution in [0.1, 0.15) is 57.0 Å². The molecule has 0 radical (unpaired) electrons. The average molecular weight is 542 g/mol. The molecule has 0 fully saturated rings. The number of nitrogens with one attached hydrogen (secondary N) is 1. The number of hydrogen-bond acceptors (Lipinski definition) is 3. The Bertz CT molecular complexity index is 977. The molecule has 7 heteroatoms. The summed E-state index contributed by atoms with van der Waals surface area (Å²) < 4.78 is 27.1. The van der Waals surface area contributed by atoms with Gasteiger partial charge in [0.15, 0.2) is 0 Å². The van der Waals surface area contributed by atoms with Gasteiger partial charge in [-0.15, -0.1) is 0 Å². The van der Waals surface area contributed by atoms with E-state index in [1.54, 1.807) is 36.4 Å². The first-order chi connectivity index (χ1) is 13.7. The van der Waals surface area contributed by atoms with Crippen LogP contribution in [0.4, 0.5) is 5.69 Å². The molecular formula is C23H31IN2O3S. The van der Waals surface area contributed by atoms with Crippen LogP contribution in [0.5, 0.6) is 0 Å². The van der Waals surface area contributed by atoms with Crippen LogP contribution in [0.2, 0.25) is 0 Å². The third-order valence-corrected chi connectivity index (χ3v) is 6.34. The monoisotopic (exact) mass is 542 g/mol. The Morgan fingerprint density at radius 1 is 0.967 bits per heavy atom. The third-order valence-electron chi connectivity index (χ3n) is 4.48. The summed E-state index contributed by atoms with van der Waals surface area (Å²) in [5, 5.41) is 3.10. The van der Waals surface area contributed by atoms with Gasteiger partial charge >= 0.3 is 0 Å². The SMILES string of the molecule is CC(C)(C)CC(C)(C)NC(=O)c1ccc(CN(c2ccc(I)cc2)S(C)(=O)=O)cc1. The summed E-state index contributed by atoms with van der Waals surface area (Å²) >= 11 is 2.18. The van der Waals surface area contributed by atoms with Gasteiger partial charge in [-0.2, -0.15) is 0 Å². The molecule has 0 saturated heterocycles. The second kappa shape index (κ2) is 9.26. The number of nitrogens with zero attached hydrogens (tertiary/aromatic N) is 1. The molecule has 0 saturated carbocycles. The van der Waals surface area contributed by atoms with E-state index in [0.717, 1.165) is 15.6 Å². The Hall–Kier alpha value is -1.61. The van der Waals surface area contributed by atoms with Gasteiger partial charge in [-0.3, -0.25) is 9.10 Å². The van der Waals surface area contributed by atoms with E-state index in [0.29, 0.717) is 11.3 Å². The zero-order chi connectivity index (χ0) is 22.7. The molecule has 5 nitrogen and oxygen atoms in total. The Kier molecular flexibility index (Phi) is 7.61. The second-order valence-electron chi connectivity index (χ2n) is 9.52. The smallest absolute Gasteiger partial charge is 0.251 e. The molecule has 0 aliphatic rings. The highest BCUT2D eigenvalue weighted by Crippen LogP contribution is 2.27. The summed E-state index contributed by atoms with van der Waals surface area (Å²) in [4.78, 5) is 12.7. The van der Waals surface area contributed by atoms with E-state index in [1.807, 2.05) is 26.0 Å². The van der Waals surface area contributed by atoms with Gasteiger partial charge in [-0.1, -0.05) is 32.9 Å². The van der Waals surface area contributed by atoms with Crippen molar-refractivity contribution in [2.45, 2.75) is 53.1 Å². The van der Waals surface area contributed by atoms with Crippen LogP contribution in [0.3, 0.4) is 0 Å². The van der Waals surface area contributed by atoms with Crippen molar-refractivity contribution in [1.29, 1.82) is 0 Å². The molecule has 0 atom stereocenters. The molecule has 0 bridgehead atoms. The van der Waals surface area contributed by atoms with Crippen LogP contribution in [-0.4, -0.2) is 26.1 Å². The Labute approximate surface area is 194 Å². The lowest BCUT2D eigenvalue weighted by molar-refractivity contribution is 0.0891. The highest BCUT2D eigenvalue weighted by Gasteiger charge is 2.27. The van der Waals surface area contributed by atoms with Crippen LogP contribution in [0.15, 0.2) is 48.5 Å². The van der Waals surface area contributed by atoms with Crippen molar-refractivity contribution in [3.8, 4) is 0 Å². The van der Waals surface area contributed by atoms with Crippen molar-refractivity contribution in [1.82, 2.24) is 5.32 Å². The Morgan fingerprint density at radius 2 is 1.50 bits per heavy atom. The van der Waals surface area contributed by atoms with Crippen molar-refractivity contribution >= 4 is 44.2 Å². The van der Waals surface area contributed by atoms with E-state index >= 15 is 0 Å². The lowest BCUT2D eigenvalue weighted by atomic mass is 9.81. The molecule has 0 heterocycles. The quantitative estimate of drug-likeness (QED) is 0.489. The van der Waals surface area contributed by atoms with E-state index in [-0.39, 0.29) is 23.4 Å². The first-order valence-corrected chi connectivity index (χ1v) is 12.7. The van der Waals surface area contributed by atoms with E-state index < -0.39 is 10.0 Å². The van der Waals surface area contributed by atoms with Gasteiger partial charge in [0.25, 0.3) is 5.91 Å². The number of benzene rings is 2. The molecule has 0 spiro atoms. The molecule has 0 aliphatic carbocycles. The zero-order valence-corrected chi connectivity index (χ0v) is 21.5. The number of rotatable bonds is 7. The summed E-state index contributed by atoms with van der Waals surface area (Å²) in [6.45, 7) is 10.7. The van der Waals surface area contributed by atoms with Gasteiger partial charge in [0, 0.05) is 14.7 Å². The number of hydrogen-bond donors (Lipinski definition) is 1. The number of sulfonamides is 1. The first kappa shape index (κ1) is 24.7. The van der Waals surface area contributed by atoms with E-state index in [4.69, 9.17) is 0 Å². The van der Waals surface area contributed by atoms with Gasteiger partial charge in [0.2, 0.25) is 10.0 Å². The maximum Gasteiger partial charge on any atom is 0.251 e. The normalized spacial score (nSPS) is 12.5. The lowest BCUT2D eigenvalue weighted by Crippen LogP contribution is -2.45. The number of halogens is 1. The summed E-state index contributed by atoms with van der Waals surface area (Å²) in [5.74, 6) is -0.131. The minimum atomic E-state index is -3.45. The summed E-state index contributed by atoms with van der Waals surface area (Å²) in [6, 6.07) is 14.4. The molecule has 30 heavy (non-hydrogen) atoms. The molecular weight excluding hydrogens is 511 g/mol. The highest BCUT2D eigenvalue weighted by molar-refractivity contribution is 14.1. The average Bonchev–Trinajstić information content (AvgIpc) is 2.57. The van der Waals surface area contributed by atoms with Crippen LogP contribution < -0.4 is 9.62 Å². The second-order valence-corrected chi connectivity index (χ2v) is 12.7. The van der Waals surface area contributed by atoms with E-state index in [2.05, 4.69) is 48.7 Å². The van der Waals surface area contributed by atoms with Gasteiger partial charge in [-0.25, -0.2) is 8.42 Å². The number of carbonyl (C=O) groups excluding carboxylic acids is 1. The minimum absolute atomic E-state index is 0.102. The minimum Gasteiger partial charge on any atom is -0.347 e. The van der Waals surface area contributed by atoms with Crippen LogP contribution in [0.25, 0.3) is 0 Å². The molecule has 2 rings (SSSR count). The van der Waals surface area contributed by atoms with Crippen molar-refractivity contribution in [3.63, 3.8) is 0 Å². The maximum atomic E-state index is 12.7. The Balaban J connectivity index is 2.16. The molecule has 2 aromatic rings. The molecule has 0 aromatic heterocycles. The van der Waals surface area contributed by atoms with Gasteiger partial charge < -0.3 is 5.32 Å². The molecule has 2 aromatic carbocycles. The predicted octanol–water partition coefficient (Wildman–Crippen LogP) is 5.20. The topological polar surface area (TPSA) is 66.5 Å². The molecule has 1 amide bonds. The fourth-order valence-electron chi connectivity index (χ4n) is 3.68. The zero-order valence-electron chi connectivity index (χ0n) is 18.5. The molecule has 0 unspecified atom stereocenters. The molecule has 0 aliphatic heterocycles. The highest BCUT2D eigenvalue weighted by atomic mass is 127. The van der Waals surface area contributed by atoms with E-state index in [9.17, 15) is 13.2 Å². The maximum absolute atomic E-state index is 12.7. The summed E-state index contributed by atoms with van der Waals surface area (Å²) in [7, 11) is -3.45. The van der Waals surface area contributed by atoms with Crippen molar-refractivity contribution in [2.24, 2.45) is 5.41 Å². The number of amides is 1. The lowest BCUT2D eigenvalue weighted by Gasteiger charge is -2.33. The number of carbonyl (C=O) groups is 1. The molecule has 164 valence electrons. The van der Waals surface area contributed by atoms with Crippen LogP contribution in [0, 0.1) is 8.99 Å². The third kappa shape index (κ3) is 7.58. The van der Waals surface area contributed by atoms with Crippen molar-refractivity contribution in [3.05, 3.63) is 63.2 Å². The van der Waals surface area contributed by atoms with Gasteiger partial charge in [0.1, 0.15) is 0 Å². The van der Waals surface area contributed by atoms with Crippen LogP contribution >= 0.6 is 22.6 Å². The van der Waals surface area contributed by atoms with Gasteiger partial charge in [0.05, 0.1) is 18.5 Å². The summed E-state index contributed by atoms with van der Waals surface area (Å²) in [6.07, 6.45) is 2.05. The first-order valence-electron chi connectivity index (χ1n) is 9.81. The fraction of sp³-hybridized carbons (Fsp3) is 0.435. The fourth-order valence-corrected chi connectivity index (χ4v) is 4.93. The van der Waals surface area contributed by atoms with Crippen molar-refractivity contribution < 1.29 is 13.2 Å². The summed E-state index contributed by atoms with van der Waals surface area (Å²) in [5.41, 5.74) is 1.76. The van der Waals surface area contributed by atoms with Crippen LogP contribution in [-0.2, 0) is 16.6 Å². The van der Waals surface area contributed by atoms with Crippen molar-refractivity contribution in [2.75, 3.05) is 10.6 Å². The largest absolute Gasteiger partial charge is 0.347 e. The van der Waals surface area contributed by atoms with Gasteiger partial charge in [-0.05, 0) is 90.2 Å². The predicted molar refractivity (Wildman–Crippen MR) is 132 cm³/mol. The standard InChI is InChI=1S/C23H31IN2O3S/c1-22(2,3)16-23(4,5)25-21(27)18-9-7-17(8-10-18)15-26(30(6,28)29)20-13-11-19(24)12-14-20/h7-14H,15-16H2,1-6H3,(H,25,27).